The van der Waals surface area contributed by atoms with Crippen molar-refractivity contribution in [2.45, 2.75) is 32.0 Å². The first-order valence-corrected chi connectivity index (χ1v) is 7.13. The zero-order valence-electron chi connectivity index (χ0n) is 12.0. The van der Waals surface area contributed by atoms with Crippen LogP contribution < -0.4 is 10.1 Å². The van der Waals surface area contributed by atoms with E-state index in [0.29, 0.717) is 13.2 Å². The van der Waals surface area contributed by atoms with Gasteiger partial charge < -0.3 is 14.8 Å². The molecule has 1 unspecified atom stereocenters. The highest BCUT2D eigenvalue weighted by Gasteiger charge is 2.27. The topological polar surface area (TPSA) is 30.5 Å². The number of halogens is 3. The van der Waals surface area contributed by atoms with Gasteiger partial charge in [0.1, 0.15) is 12.4 Å². The van der Waals surface area contributed by atoms with Crippen molar-refractivity contribution in [1.82, 2.24) is 5.32 Å². The monoisotopic (exact) mass is 303 g/mol. The highest BCUT2D eigenvalue weighted by Crippen LogP contribution is 2.29. The minimum atomic E-state index is -4.26. The highest BCUT2D eigenvalue weighted by molar-refractivity contribution is 5.40. The van der Waals surface area contributed by atoms with Gasteiger partial charge in [0.15, 0.2) is 0 Å². The Morgan fingerprint density at radius 2 is 2.19 bits per heavy atom. The summed E-state index contributed by atoms with van der Waals surface area (Å²) in [7, 11) is 0. The third-order valence-corrected chi connectivity index (χ3v) is 3.43. The van der Waals surface area contributed by atoms with Crippen LogP contribution in [-0.2, 0) is 11.2 Å². The van der Waals surface area contributed by atoms with E-state index in [2.05, 4.69) is 16.1 Å². The summed E-state index contributed by atoms with van der Waals surface area (Å²) in [6.07, 6.45) is -2.49. The molecule has 1 aliphatic heterocycles. The van der Waals surface area contributed by atoms with Gasteiger partial charge in [-0.15, -0.1) is 0 Å². The summed E-state index contributed by atoms with van der Waals surface area (Å²) >= 11 is 0. The highest BCUT2D eigenvalue weighted by atomic mass is 19.4. The fourth-order valence-electron chi connectivity index (χ4n) is 2.41. The lowest BCUT2D eigenvalue weighted by atomic mass is 10.0. The molecule has 1 heterocycles. The average Bonchev–Trinajstić information content (AvgIpc) is 2.89. The summed E-state index contributed by atoms with van der Waals surface area (Å²) in [4.78, 5) is 0. The lowest BCUT2D eigenvalue weighted by Gasteiger charge is -2.18. The van der Waals surface area contributed by atoms with Crippen LogP contribution >= 0.6 is 0 Å². The van der Waals surface area contributed by atoms with Crippen LogP contribution in [0.4, 0.5) is 13.2 Å². The molecule has 21 heavy (non-hydrogen) atoms. The van der Waals surface area contributed by atoms with Gasteiger partial charge in [0, 0.05) is 19.0 Å². The Morgan fingerprint density at radius 1 is 1.38 bits per heavy atom. The van der Waals surface area contributed by atoms with Crippen molar-refractivity contribution >= 4 is 0 Å². The molecule has 0 aromatic heterocycles. The quantitative estimate of drug-likeness (QED) is 0.784. The summed E-state index contributed by atoms with van der Waals surface area (Å²) in [5.41, 5.74) is 2.33. The van der Waals surface area contributed by atoms with E-state index in [1.165, 1.54) is 5.56 Å². The second-order valence-corrected chi connectivity index (χ2v) is 5.05. The molecule has 1 N–H and O–H groups in total. The predicted molar refractivity (Wildman–Crippen MR) is 73.5 cm³/mol. The maximum absolute atomic E-state index is 11.9. The van der Waals surface area contributed by atoms with Crippen LogP contribution in [0.1, 0.15) is 30.5 Å². The van der Waals surface area contributed by atoms with Crippen LogP contribution in [0, 0.1) is 0 Å². The van der Waals surface area contributed by atoms with E-state index in [9.17, 15) is 13.2 Å². The molecule has 6 heteroatoms. The summed E-state index contributed by atoms with van der Waals surface area (Å²) < 4.78 is 45.9. The lowest BCUT2D eigenvalue weighted by molar-refractivity contribution is -0.173. The number of benzene rings is 1. The smallest absolute Gasteiger partial charge is 0.411 e. The van der Waals surface area contributed by atoms with Gasteiger partial charge >= 0.3 is 6.18 Å². The van der Waals surface area contributed by atoms with Crippen LogP contribution in [0.5, 0.6) is 5.75 Å². The van der Waals surface area contributed by atoms with Gasteiger partial charge in [-0.25, -0.2) is 0 Å². The molecule has 2 rings (SSSR count). The number of fused-ring (bicyclic) bond motifs is 1. The van der Waals surface area contributed by atoms with Crippen LogP contribution in [0.15, 0.2) is 18.2 Å². The van der Waals surface area contributed by atoms with Gasteiger partial charge in [-0.1, -0.05) is 19.1 Å². The number of hydrogen-bond donors (Lipinski definition) is 1. The standard InChI is InChI=1S/C15H20F3NO2/c1-2-13(19-6-8-20-10-15(16,17)18)11-3-4-14-12(9-11)5-7-21-14/h3-4,9,13,19H,2,5-8,10H2,1H3. The zero-order valence-corrected chi connectivity index (χ0v) is 12.0. The second kappa shape index (κ2) is 7.13. The van der Waals surface area contributed by atoms with Crippen LogP contribution in [0.25, 0.3) is 0 Å². The maximum atomic E-state index is 11.9. The van der Waals surface area contributed by atoms with Gasteiger partial charge in [-0.05, 0) is 23.6 Å². The van der Waals surface area contributed by atoms with Crippen LogP contribution in [-0.4, -0.2) is 32.5 Å². The van der Waals surface area contributed by atoms with E-state index in [1.54, 1.807) is 0 Å². The van der Waals surface area contributed by atoms with Crippen molar-refractivity contribution in [1.29, 1.82) is 0 Å². The molecule has 0 radical (unpaired) electrons. The number of ether oxygens (including phenoxy) is 2. The summed E-state index contributed by atoms with van der Waals surface area (Å²) in [5.74, 6) is 0.933. The second-order valence-electron chi connectivity index (χ2n) is 5.05. The molecule has 0 amide bonds. The Morgan fingerprint density at radius 3 is 2.90 bits per heavy atom. The third kappa shape index (κ3) is 4.89. The molecule has 1 atom stereocenters. The molecular formula is C15H20F3NO2. The van der Waals surface area contributed by atoms with Gasteiger partial charge in [-0.3, -0.25) is 0 Å². The zero-order chi connectivity index (χ0) is 15.3. The Hall–Kier alpha value is -1.27. The minimum Gasteiger partial charge on any atom is -0.493 e. The van der Waals surface area contributed by atoms with E-state index < -0.39 is 12.8 Å². The number of hydrogen-bond acceptors (Lipinski definition) is 3. The van der Waals surface area contributed by atoms with Gasteiger partial charge in [0.25, 0.3) is 0 Å². The molecule has 0 spiro atoms. The third-order valence-electron chi connectivity index (χ3n) is 3.43. The van der Waals surface area contributed by atoms with Gasteiger partial charge in [0.2, 0.25) is 0 Å². The SMILES string of the molecule is CCC(NCCOCC(F)(F)F)c1ccc2c(c1)CCO2. The Bertz CT molecular complexity index is 463. The largest absolute Gasteiger partial charge is 0.493 e. The van der Waals surface area contributed by atoms with E-state index in [-0.39, 0.29) is 12.6 Å². The summed E-state index contributed by atoms with van der Waals surface area (Å²) in [5, 5.41) is 3.23. The average molecular weight is 303 g/mol. The van der Waals surface area contributed by atoms with Crippen molar-refractivity contribution < 1.29 is 22.6 Å². The molecule has 0 bridgehead atoms. The molecule has 118 valence electrons. The molecular weight excluding hydrogens is 283 g/mol. The Labute approximate surface area is 122 Å². The molecule has 3 nitrogen and oxygen atoms in total. The first kappa shape index (κ1) is 16.1. The predicted octanol–water partition coefficient (Wildman–Crippen LogP) is 3.24. The Kier molecular flexibility index (Phi) is 5.47. The molecule has 1 aromatic rings. The Balaban J connectivity index is 1.80. The normalized spacial score (nSPS) is 15.6. The fourth-order valence-corrected chi connectivity index (χ4v) is 2.41. The summed E-state index contributed by atoms with van der Waals surface area (Å²) in [6, 6.07) is 6.19. The van der Waals surface area contributed by atoms with E-state index in [1.807, 2.05) is 19.1 Å². The van der Waals surface area contributed by atoms with Crippen LogP contribution in [0.3, 0.4) is 0 Å². The van der Waals surface area contributed by atoms with E-state index in [4.69, 9.17) is 4.74 Å². The van der Waals surface area contributed by atoms with Gasteiger partial charge in [-0.2, -0.15) is 13.2 Å². The van der Waals surface area contributed by atoms with E-state index in [0.717, 1.165) is 24.2 Å². The molecule has 0 saturated heterocycles. The van der Waals surface area contributed by atoms with Crippen molar-refractivity contribution in [3.8, 4) is 5.75 Å². The van der Waals surface area contributed by atoms with Crippen molar-refractivity contribution in [2.75, 3.05) is 26.4 Å². The van der Waals surface area contributed by atoms with Crippen molar-refractivity contribution in [3.05, 3.63) is 29.3 Å². The summed E-state index contributed by atoms with van der Waals surface area (Å²) in [6.45, 7) is 2.00. The maximum Gasteiger partial charge on any atom is 0.411 e. The number of nitrogens with one attached hydrogen (secondary N) is 1. The molecule has 1 aromatic carbocycles. The number of alkyl halides is 3. The lowest BCUT2D eigenvalue weighted by Crippen LogP contribution is -2.27. The first-order chi connectivity index (χ1) is 9.99. The molecule has 1 aliphatic rings. The molecule has 0 aliphatic carbocycles. The van der Waals surface area contributed by atoms with Crippen molar-refractivity contribution in [2.24, 2.45) is 0 Å². The van der Waals surface area contributed by atoms with E-state index >= 15 is 0 Å². The molecule has 0 fully saturated rings. The fraction of sp³-hybridized carbons (Fsp3) is 0.600. The first-order valence-electron chi connectivity index (χ1n) is 7.13. The molecule has 0 saturated carbocycles. The minimum absolute atomic E-state index is 0.0457. The number of rotatable bonds is 7. The van der Waals surface area contributed by atoms with Gasteiger partial charge in [0.05, 0.1) is 13.2 Å². The van der Waals surface area contributed by atoms with Crippen LogP contribution in [0.2, 0.25) is 0 Å². The van der Waals surface area contributed by atoms with Crippen molar-refractivity contribution in [3.63, 3.8) is 0 Å².